The van der Waals surface area contributed by atoms with Crippen molar-refractivity contribution in [2.45, 2.75) is 50.4 Å². The maximum Gasteiger partial charge on any atom is 0.326 e. The number of rotatable bonds is 13. The number of nitrogens with two attached hydrogens (primary N) is 2. The Morgan fingerprint density at radius 3 is 2.16 bits per heavy atom. The van der Waals surface area contributed by atoms with Crippen molar-refractivity contribution in [1.82, 2.24) is 16.0 Å². The second-order valence-corrected chi connectivity index (χ2v) is 7.20. The highest BCUT2D eigenvalue weighted by Crippen LogP contribution is 2.04. The fourth-order valence-electron chi connectivity index (χ4n) is 2.63. The summed E-state index contributed by atoms with van der Waals surface area (Å²) in [6.45, 7) is 0.765. The molecule has 4 amide bonds. The molecule has 1 rings (SSSR count). The van der Waals surface area contributed by atoms with Crippen molar-refractivity contribution in [3.8, 4) is 0 Å². The van der Waals surface area contributed by atoms with Crippen molar-refractivity contribution >= 4 is 29.6 Å². The zero-order chi connectivity index (χ0) is 24.3. The standard InChI is InChI=1S/C20H29N5O7/c1-11(26)17(22)19(30)25-14(9-12-5-3-2-4-6-12)18(29)23-10-16(28)24-13(20(31)32)7-8-15(21)27/h2-6,11,13-14,17,26H,7-10,22H2,1H3,(H2,21,27)(H,23,29)(H,24,28)(H,25,30)(H,31,32). The maximum atomic E-state index is 12.6. The lowest BCUT2D eigenvalue weighted by atomic mass is 10.0. The molecule has 0 aliphatic rings. The van der Waals surface area contributed by atoms with Gasteiger partial charge >= 0.3 is 5.97 Å². The van der Waals surface area contributed by atoms with E-state index in [1.54, 1.807) is 30.3 Å². The number of aliphatic hydroxyl groups excluding tert-OH is 1. The molecule has 0 aliphatic carbocycles. The molecule has 4 atom stereocenters. The van der Waals surface area contributed by atoms with Crippen molar-refractivity contribution in [1.29, 1.82) is 0 Å². The summed E-state index contributed by atoms with van der Waals surface area (Å²) >= 11 is 0. The Bertz CT molecular complexity index is 816. The Morgan fingerprint density at radius 2 is 1.62 bits per heavy atom. The molecular formula is C20H29N5O7. The van der Waals surface area contributed by atoms with Gasteiger partial charge in [-0.25, -0.2) is 4.79 Å². The van der Waals surface area contributed by atoms with Crippen molar-refractivity contribution in [2.75, 3.05) is 6.54 Å². The second-order valence-electron chi connectivity index (χ2n) is 7.20. The lowest BCUT2D eigenvalue weighted by Gasteiger charge is -2.22. The van der Waals surface area contributed by atoms with Gasteiger partial charge in [0.25, 0.3) is 0 Å². The van der Waals surface area contributed by atoms with Gasteiger partial charge in [0, 0.05) is 12.8 Å². The van der Waals surface area contributed by atoms with E-state index in [0.29, 0.717) is 0 Å². The number of benzene rings is 1. The molecule has 0 saturated heterocycles. The summed E-state index contributed by atoms with van der Waals surface area (Å²) in [5.74, 6) is -4.33. The minimum absolute atomic E-state index is 0.0862. The summed E-state index contributed by atoms with van der Waals surface area (Å²) in [7, 11) is 0. The number of carboxylic acids is 1. The zero-order valence-electron chi connectivity index (χ0n) is 17.6. The minimum Gasteiger partial charge on any atom is -0.480 e. The van der Waals surface area contributed by atoms with Gasteiger partial charge in [-0.1, -0.05) is 30.3 Å². The van der Waals surface area contributed by atoms with Gasteiger partial charge in [-0.05, 0) is 18.9 Å². The normalized spacial score (nSPS) is 14.3. The van der Waals surface area contributed by atoms with E-state index in [1.807, 2.05) is 0 Å². The van der Waals surface area contributed by atoms with Crippen LogP contribution in [0.5, 0.6) is 0 Å². The van der Waals surface area contributed by atoms with E-state index in [-0.39, 0.29) is 19.3 Å². The van der Waals surface area contributed by atoms with Crippen LogP contribution < -0.4 is 27.4 Å². The molecule has 0 fully saturated rings. The van der Waals surface area contributed by atoms with Crippen molar-refractivity contribution < 1.29 is 34.2 Å². The average molecular weight is 451 g/mol. The van der Waals surface area contributed by atoms with Gasteiger partial charge in [0.2, 0.25) is 23.6 Å². The first kappa shape index (κ1) is 26.5. The number of amides is 4. The van der Waals surface area contributed by atoms with E-state index in [4.69, 9.17) is 16.6 Å². The topological polar surface area (TPSA) is 214 Å². The number of carbonyl (C=O) groups excluding carboxylic acids is 4. The molecule has 12 heteroatoms. The molecule has 0 bridgehead atoms. The summed E-state index contributed by atoms with van der Waals surface area (Å²) in [6, 6.07) is 5.04. The molecule has 0 radical (unpaired) electrons. The fraction of sp³-hybridized carbons (Fsp3) is 0.450. The molecule has 1 aromatic rings. The molecule has 9 N–H and O–H groups in total. The molecule has 0 aliphatic heterocycles. The van der Waals surface area contributed by atoms with Crippen LogP contribution in [0.25, 0.3) is 0 Å². The van der Waals surface area contributed by atoms with E-state index in [0.717, 1.165) is 5.56 Å². The lowest BCUT2D eigenvalue weighted by Crippen LogP contribution is -2.56. The second kappa shape index (κ2) is 13.0. The van der Waals surface area contributed by atoms with Crippen LogP contribution in [0, 0.1) is 0 Å². The number of hydrogen-bond donors (Lipinski definition) is 7. The fourth-order valence-corrected chi connectivity index (χ4v) is 2.63. The van der Waals surface area contributed by atoms with Gasteiger partial charge in [0.05, 0.1) is 12.6 Å². The highest BCUT2D eigenvalue weighted by molar-refractivity contribution is 5.93. The van der Waals surface area contributed by atoms with Crippen LogP contribution in [0.2, 0.25) is 0 Å². The largest absolute Gasteiger partial charge is 0.480 e. The van der Waals surface area contributed by atoms with E-state index in [1.165, 1.54) is 6.92 Å². The number of aliphatic hydroxyl groups is 1. The van der Waals surface area contributed by atoms with Crippen molar-refractivity contribution in [2.24, 2.45) is 11.5 Å². The number of aliphatic carboxylic acids is 1. The summed E-state index contributed by atoms with van der Waals surface area (Å²) in [6.07, 6.45) is -1.50. The smallest absolute Gasteiger partial charge is 0.326 e. The molecule has 32 heavy (non-hydrogen) atoms. The number of carboxylic acid groups (broad SMARTS) is 1. The van der Waals surface area contributed by atoms with Crippen LogP contribution in [-0.2, 0) is 30.4 Å². The molecule has 0 saturated carbocycles. The molecule has 1 aromatic carbocycles. The zero-order valence-corrected chi connectivity index (χ0v) is 17.6. The number of carbonyl (C=O) groups is 5. The molecular weight excluding hydrogens is 422 g/mol. The highest BCUT2D eigenvalue weighted by atomic mass is 16.4. The van der Waals surface area contributed by atoms with Gasteiger partial charge in [-0.3, -0.25) is 19.2 Å². The maximum absolute atomic E-state index is 12.6. The van der Waals surface area contributed by atoms with Gasteiger partial charge in [-0.2, -0.15) is 0 Å². The Morgan fingerprint density at radius 1 is 1.00 bits per heavy atom. The summed E-state index contributed by atoms with van der Waals surface area (Å²) in [4.78, 5) is 58.9. The monoisotopic (exact) mass is 451 g/mol. The third-order valence-corrected chi connectivity index (χ3v) is 4.47. The van der Waals surface area contributed by atoms with Crippen LogP contribution >= 0.6 is 0 Å². The SMILES string of the molecule is CC(O)C(N)C(=O)NC(Cc1ccccc1)C(=O)NCC(=O)NC(CCC(N)=O)C(=O)O. The van der Waals surface area contributed by atoms with Gasteiger partial charge in [-0.15, -0.1) is 0 Å². The minimum atomic E-state index is -1.35. The number of hydrogen-bond acceptors (Lipinski definition) is 7. The first-order chi connectivity index (χ1) is 15.0. The summed E-state index contributed by atoms with van der Waals surface area (Å²) in [5.41, 5.74) is 11.3. The molecule has 0 aromatic heterocycles. The molecule has 4 unspecified atom stereocenters. The van der Waals surface area contributed by atoms with Gasteiger partial charge in [0.1, 0.15) is 18.1 Å². The van der Waals surface area contributed by atoms with Gasteiger partial charge < -0.3 is 37.6 Å². The highest BCUT2D eigenvalue weighted by Gasteiger charge is 2.27. The van der Waals surface area contributed by atoms with E-state index in [9.17, 15) is 29.1 Å². The average Bonchev–Trinajstić information content (AvgIpc) is 2.74. The lowest BCUT2D eigenvalue weighted by molar-refractivity contribution is -0.142. The van der Waals surface area contributed by atoms with Crippen LogP contribution in [-0.4, -0.2) is 70.6 Å². The summed E-state index contributed by atoms with van der Waals surface area (Å²) < 4.78 is 0. The van der Waals surface area contributed by atoms with E-state index < -0.39 is 60.4 Å². The van der Waals surface area contributed by atoms with Crippen LogP contribution in [0.15, 0.2) is 30.3 Å². The van der Waals surface area contributed by atoms with Crippen molar-refractivity contribution in [3.05, 3.63) is 35.9 Å². The van der Waals surface area contributed by atoms with E-state index in [2.05, 4.69) is 16.0 Å². The van der Waals surface area contributed by atoms with Crippen LogP contribution in [0.1, 0.15) is 25.3 Å². The molecule has 0 spiro atoms. The molecule has 176 valence electrons. The molecule has 0 heterocycles. The number of primary amides is 1. The third kappa shape index (κ3) is 9.53. The Balaban J connectivity index is 2.77. The first-order valence-electron chi connectivity index (χ1n) is 9.87. The quantitative estimate of drug-likeness (QED) is 0.168. The first-order valence-corrected chi connectivity index (χ1v) is 9.87. The van der Waals surface area contributed by atoms with Crippen LogP contribution in [0.3, 0.4) is 0 Å². The predicted molar refractivity (Wildman–Crippen MR) is 113 cm³/mol. The Labute approximate surface area is 184 Å². The summed E-state index contributed by atoms with van der Waals surface area (Å²) in [5, 5.41) is 25.6. The third-order valence-electron chi connectivity index (χ3n) is 4.47. The Hall–Kier alpha value is -3.51. The Kier molecular flexibility index (Phi) is 10.8. The van der Waals surface area contributed by atoms with Gasteiger partial charge in [0.15, 0.2) is 0 Å². The van der Waals surface area contributed by atoms with E-state index >= 15 is 0 Å². The van der Waals surface area contributed by atoms with Crippen molar-refractivity contribution in [3.63, 3.8) is 0 Å². The molecule has 12 nitrogen and oxygen atoms in total. The predicted octanol–water partition coefficient (Wildman–Crippen LogP) is -2.63. The van der Waals surface area contributed by atoms with Crippen LogP contribution in [0.4, 0.5) is 0 Å². The number of nitrogens with one attached hydrogen (secondary N) is 3.